The molecular weight excluding hydrogens is 356 g/mol. The van der Waals surface area contributed by atoms with Crippen molar-refractivity contribution in [3.8, 4) is 0 Å². The summed E-state index contributed by atoms with van der Waals surface area (Å²) in [6.45, 7) is 6.81. The van der Waals surface area contributed by atoms with E-state index >= 15 is 0 Å². The van der Waals surface area contributed by atoms with Crippen molar-refractivity contribution in [2.75, 3.05) is 26.2 Å². The van der Waals surface area contributed by atoms with Crippen molar-refractivity contribution < 1.29 is 13.2 Å². The van der Waals surface area contributed by atoms with Crippen LogP contribution in [-0.4, -0.2) is 49.7 Å². The molecule has 1 aliphatic heterocycles. The van der Waals surface area contributed by atoms with Crippen LogP contribution >= 0.6 is 15.9 Å². The molecule has 0 N–H and O–H groups in total. The van der Waals surface area contributed by atoms with Crippen LogP contribution < -0.4 is 0 Å². The standard InChI is InChI=1S/C14H19BrN2O3S/c1-10-8-11(2)14(9-13(10)15)21(19,20)17-6-4-16(5-7-17)12(3)18/h8-9H,4-7H2,1-3H3. The molecule has 0 saturated carbocycles. The first kappa shape index (κ1) is 16.5. The largest absolute Gasteiger partial charge is 0.340 e. The predicted octanol–water partition coefficient (Wildman–Crippen LogP) is 1.92. The molecule has 0 radical (unpaired) electrons. The lowest BCUT2D eigenvalue weighted by Crippen LogP contribution is -2.50. The smallest absolute Gasteiger partial charge is 0.243 e. The molecule has 21 heavy (non-hydrogen) atoms. The van der Waals surface area contributed by atoms with Gasteiger partial charge in [-0.15, -0.1) is 0 Å². The Morgan fingerprint density at radius 1 is 1.10 bits per heavy atom. The highest BCUT2D eigenvalue weighted by Gasteiger charge is 2.30. The normalized spacial score (nSPS) is 17.0. The molecule has 1 heterocycles. The molecule has 0 aliphatic carbocycles. The summed E-state index contributed by atoms with van der Waals surface area (Å²) in [7, 11) is -3.52. The van der Waals surface area contributed by atoms with Gasteiger partial charge in [0.15, 0.2) is 0 Å². The summed E-state index contributed by atoms with van der Waals surface area (Å²) in [5.41, 5.74) is 1.75. The van der Waals surface area contributed by atoms with Crippen molar-refractivity contribution in [1.82, 2.24) is 9.21 Å². The zero-order chi connectivity index (χ0) is 15.8. The molecule has 7 heteroatoms. The molecule has 0 unspecified atom stereocenters. The molecule has 0 atom stereocenters. The third kappa shape index (κ3) is 3.30. The number of hydrogen-bond donors (Lipinski definition) is 0. The van der Waals surface area contributed by atoms with Crippen molar-refractivity contribution in [3.63, 3.8) is 0 Å². The van der Waals surface area contributed by atoms with Gasteiger partial charge in [0.1, 0.15) is 0 Å². The molecule has 0 aromatic heterocycles. The van der Waals surface area contributed by atoms with Crippen LogP contribution in [0.15, 0.2) is 21.5 Å². The minimum absolute atomic E-state index is 0.0127. The maximum Gasteiger partial charge on any atom is 0.243 e. The number of sulfonamides is 1. The van der Waals surface area contributed by atoms with E-state index in [9.17, 15) is 13.2 Å². The van der Waals surface area contributed by atoms with E-state index in [2.05, 4.69) is 15.9 Å². The molecule has 1 aromatic carbocycles. The number of aryl methyl sites for hydroxylation is 2. The second kappa shape index (κ2) is 6.06. The van der Waals surface area contributed by atoms with Gasteiger partial charge >= 0.3 is 0 Å². The molecule has 0 bridgehead atoms. The lowest BCUT2D eigenvalue weighted by molar-refractivity contribution is -0.129. The van der Waals surface area contributed by atoms with E-state index in [4.69, 9.17) is 0 Å². The van der Waals surface area contributed by atoms with Gasteiger partial charge in [-0.05, 0) is 31.0 Å². The van der Waals surface area contributed by atoms with Crippen molar-refractivity contribution in [1.29, 1.82) is 0 Å². The Kier molecular flexibility index (Phi) is 4.75. The van der Waals surface area contributed by atoms with Crippen LogP contribution in [0.2, 0.25) is 0 Å². The van der Waals surface area contributed by atoms with Gasteiger partial charge in [0.25, 0.3) is 0 Å². The van der Waals surface area contributed by atoms with Crippen LogP contribution in [0.5, 0.6) is 0 Å². The third-order valence-corrected chi connectivity index (χ3v) is 6.65. The Bertz CT molecular complexity index is 665. The number of piperazine rings is 1. The van der Waals surface area contributed by atoms with Crippen LogP contribution in [0.25, 0.3) is 0 Å². The van der Waals surface area contributed by atoms with E-state index < -0.39 is 10.0 Å². The minimum atomic E-state index is -3.52. The van der Waals surface area contributed by atoms with Gasteiger partial charge < -0.3 is 4.90 Å². The molecule has 5 nitrogen and oxygen atoms in total. The monoisotopic (exact) mass is 374 g/mol. The van der Waals surface area contributed by atoms with E-state index in [0.29, 0.717) is 31.1 Å². The van der Waals surface area contributed by atoms with Crippen molar-refractivity contribution >= 4 is 31.9 Å². The van der Waals surface area contributed by atoms with Crippen LogP contribution in [0.1, 0.15) is 18.1 Å². The Hall–Kier alpha value is -0.920. The highest BCUT2D eigenvalue weighted by Crippen LogP contribution is 2.27. The molecular formula is C14H19BrN2O3S. The Balaban J connectivity index is 2.28. The second-order valence-electron chi connectivity index (χ2n) is 5.28. The fourth-order valence-electron chi connectivity index (χ4n) is 2.47. The summed E-state index contributed by atoms with van der Waals surface area (Å²) in [5.74, 6) is -0.0127. The highest BCUT2D eigenvalue weighted by atomic mass is 79.9. The fraction of sp³-hybridized carbons (Fsp3) is 0.500. The number of hydrogen-bond acceptors (Lipinski definition) is 3. The molecule has 1 saturated heterocycles. The van der Waals surface area contributed by atoms with Gasteiger partial charge in [-0.2, -0.15) is 4.31 Å². The van der Waals surface area contributed by atoms with Crippen molar-refractivity contribution in [2.45, 2.75) is 25.7 Å². The lowest BCUT2D eigenvalue weighted by atomic mass is 10.2. The lowest BCUT2D eigenvalue weighted by Gasteiger charge is -2.33. The average Bonchev–Trinajstić information content (AvgIpc) is 2.42. The summed E-state index contributed by atoms with van der Waals surface area (Å²) in [4.78, 5) is 13.3. The number of carbonyl (C=O) groups excluding carboxylic acids is 1. The number of carbonyl (C=O) groups is 1. The molecule has 116 valence electrons. The molecule has 1 aliphatic rings. The predicted molar refractivity (Wildman–Crippen MR) is 84.6 cm³/mol. The van der Waals surface area contributed by atoms with Gasteiger partial charge in [0.05, 0.1) is 4.90 Å². The maximum atomic E-state index is 12.7. The number of benzene rings is 1. The Morgan fingerprint density at radius 2 is 1.67 bits per heavy atom. The first-order valence-corrected chi connectivity index (χ1v) is 8.99. The van der Waals surface area contributed by atoms with E-state index in [1.165, 1.54) is 11.2 Å². The SMILES string of the molecule is CC(=O)N1CCN(S(=O)(=O)c2cc(Br)c(C)cc2C)CC1. The quantitative estimate of drug-likeness (QED) is 0.794. The summed E-state index contributed by atoms with van der Waals surface area (Å²) in [5, 5.41) is 0. The first-order chi connectivity index (χ1) is 9.73. The second-order valence-corrected chi connectivity index (χ2v) is 8.04. The van der Waals surface area contributed by atoms with Crippen LogP contribution in [-0.2, 0) is 14.8 Å². The average molecular weight is 375 g/mol. The van der Waals surface area contributed by atoms with E-state index in [1.807, 2.05) is 13.0 Å². The Morgan fingerprint density at radius 3 is 2.19 bits per heavy atom. The Labute approximate surface area is 134 Å². The van der Waals surface area contributed by atoms with E-state index in [1.54, 1.807) is 17.9 Å². The summed E-state index contributed by atoms with van der Waals surface area (Å²) >= 11 is 3.39. The summed E-state index contributed by atoms with van der Waals surface area (Å²) in [6.07, 6.45) is 0. The number of nitrogens with zero attached hydrogens (tertiary/aromatic N) is 2. The minimum Gasteiger partial charge on any atom is -0.340 e. The van der Waals surface area contributed by atoms with Crippen LogP contribution in [0.3, 0.4) is 0 Å². The summed E-state index contributed by atoms with van der Waals surface area (Å²) < 4.78 is 27.7. The topological polar surface area (TPSA) is 57.7 Å². The summed E-state index contributed by atoms with van der Waals surface area (Å²) in [6, 6.07) is 3.53. The highest BCUT2D eigenvalue weighted by molar-refractivity contribution is 9.10. The third-order valence-electron chi connectivity index (χ3n) is 3.76. The first-order valence-electron chi connectivity index (χ1n) is 6.76. The molecule has 0 spiro atoms. The maximum absolute atomic E-state index is 12.7. The van der Waals surface area contributed by atoms with Crippen LogP contribution in [0.4, 0.5) is 0 Å². The van der Waals surface area contributed by atoms with E-state index in [0.717, 1.165) is 15.6 Å². The molecule has 1 aromatic rings. The van der Waals surface area contributed by atoms with Crippen molar-refractivity contribution in [2.24, 2.45) is 0 Å². The van der Waals surface area contributed by atoms with Gasteiger partial charge in [-0.3, -0.25) is 4.79 Å². The zero-order valence-corrected chi connectivity index (χ0v) is 14.8. The number of amides is 1. The van der Waals surface area contributed by atoms with Gasteiger partial charge in [-0.25, -0.2) is 8.42 Å². The molecule has 1 amide bonds. The fourth-order valence-corrected chi connectivity index (χ4v) is 4.62. The van der Waals surface area contributed by atoms with Gasteiger partial charge in [-0.1, -0.05) is 22.0 Å². The number of halogens is 1. The molecule has 1 fully saturated rings. The molecule has 2 rings (SSSR count). The van der Waals surface area contributed by atoms with Crippen LogP contribution in [0, 0.1) is 13.8 Å². The van der Waals surface area contributed by atoms with E-state index in [-0.39, 0.29) is 5.91 Å². The van der Waals surface area contributed by atoms with Gasteiger partial charge in [0, 0.05) is 37.6 Å². The number of rotatable bonds is 2. The van der Waals surface area contributed by atoms with Crippen molar-refractivity contribution in [3.05, 3.63) is 27.7 Å². The van der Waals surface area contributed by atoms with Gasteiger partial charge in [0.2, 0.25) is 15.9 Å². The zero-order valence-electron chi connectivity index (χ0n) is 12.4.